The molecule has 1 unspecified atom stereocenters. The van der Waals surface area contributed by atoms with Crippen LogP contribution in [0.5, 0.6) is 34.5 Å². The van der Waals surface area contributed by atoms with Crippen molar-refractivity contribution < 1.29 is 38.0 Å². The molecule has 0 aromatic heterocycles. The molecule has 8 bridgehead atoms. The van der Waals surface area contributed by atoms with Crippen molar-refractivity contribution in [3.05, 3.63) is 152 Å². The lowest BCUT2D eigenvalue weighted by Crippen LogP contribution is -2.38. The highest BCUT2D eigenvalue weighted by Gasteiger charge is 2.51. The molecule has 0 spiro atoms. The third-order valence-corrected chi connectivity index (χ3v) is 19.1. The number of unbranched alkanes of at least 4 members (excludes halogenated alkanes) is 8. The quantitative estimate of drug-likeness (QED) is 0.0373. The van der Waals surface area contributed by atoms with Crippen LogP contribution in [0.25, 0.3) is 43.1 Å². The Hall–Kier alpha value is -8.41. The van der Waals surface area contributed by atoms with E-state index in [1.807, 2.05) is 72.8 Å². The Morgan fingerprint density at radius 1 is 0.306 bits per heavy atom. The Kier molecular flexibility index (Phi) is 21.4. The third-order valence-electron chi connectivity index (χ3n) is 18.3. The molecule has 8 aromatic rings. The number of fused-ring (bicyclic) bond motifs is 20. The summed E-state index contributed by atoms with van der Waals surface area (Å²) in [7, 11) is 0. The first-order valence-electron chi connectivity index (χ1n) is 35.8. The number of amidine groups is 7. The second-order valence-electron chi connectivity index (χ2n) is 25.3. The molecule has 5 heterocycles. The first-order valence-corrected chi connectivity index (χ1v) is 36.6. The average Bonchev–Trinajstić information content (AvgIpc) is 1.53. The molecule has 8 aromatic carbocycles. The molecule has 510 valence electrons. The number of rotatable bonds is 32. The standard InChI is InChI=1S/C80H88Cl2N8O8/c1-9-17-41-91-67-51-35-27-25-33-49(51)65(81)57-59(67)76-84-73(57)83-74-58-61(69(93-43-19-11-3)52-36-28-26-34-50(52)66(58)82)78(86-74)90(98-48-24-16-8)79-62-60(68(92-42-18-10-2)53-37-29-30-38-54(53)70(62)94-44-20-12-4)75(87-79)85-77-63-64(80(88-76,89-77)97-47-23-15-7)72(96-46-22-14-6)56-40-32-31-39-55(56)71(63)95-45-21-13-5/h25-40H,9-24,41-48H2,1-8H3. The molecule has 98 heavy (non-hydrogen) atoms. The Morgan fingerprint density at radius 3 is 1.02 bits per heavy atom. The molecule has 13 rings (SSSR count). The molecule has 5 aliphatic rings. The minimum absolute atomic E-state index is 0.199. The highest BCUT2D eigenvalue weighted by molar-refractivity contribution is 6.46. The second-order valence-corrected chi connectivity index (χ2v) is 26.1. The van der Waals surface area contributed by atoms with Crippen LogP contribution in [-0.4, -0.2) is 98.8 Å². The fourth-order valence-electron chi connectivity index (χ4n) is 13.1. The predicted octanol–water partition coefficient (Wildman–Crippen LogP) is 20.0. The zero-order valence-corrected chi connectivity index (χ0v) is 59.3. The normalized spacial score (nSPS) is 15.7. The van der Waals surface area contributed by atoms with Crippen LogP contribution in [0.4, 0.5) is 0 Å². The van der Waals surface area contributed by atoms with Crippen LogP contribution in [0.1, 0.15) is 203 Å². The average molecular weight is 1360 g/mol. The van der Waals surface area contributed by atoms with Gasteiger partial charge in [0.1, 0.15) is 34.5 Å². The monoisotopic (exact) mass is 1360 g/mol. The van der Waals surface area contributed by atoms with Crippen LogP contribution < -0.4 is 28.4 Å². The van der Waals surface area contributed by atoms with Crippen LogP contribution in [0.15, 0.2) is 132 Å². The molecule has 1 atom stereocenters. The molecular formula is C80H88Cl2N8O8. The molecule has 0 saturated heterocycles. The SMILES string of the molecule is CCCCOc1c2c(c(Cl)c3ccccc13)C1=NC2=NC2(OCCCC)N=C(N=C3N=C(c4c3c(OCCCC)c3ccccc3c4OCCCC)N(OCCCC)C3=NC(=N1)c1c3c(OCCCC)c3ccccc3c1Cl)c1c2c(OCCCC)c2ccccc2c1OCCCC. The summed E-state index contributed by atoms with van der Waals surface area (Å²) in [5.41, 5.74) is 4.22. The molecule has 0 N–H and O–H groups in total. The second kappa shape index (κ2) is 30.8. The molecule has 16 nitrogen and oxygen atoms in total. The van der Waals surface area contributed by atoms with Crippen molar-refractivity contribution in [2.75, 3.05) is 52.9 Å². The Bertz CT molecular complexity index is 4590. The maximum Gasteiger partial charge on any atom is 0.293 e. The number of hydrogen-bond acceptors (Lipinski definition) is 16. The maximum absolute atomic E-state index is 8.02. The van der Waals surface area contributed by atoms with Gasteiger partial charge < -0.3 is 33.2 Å². The number of ether oxygens (including phenoxy) is 7. The van der Waals surface area contributed by atoms with Crippen molar-refractivity contribution in [1.29, 1.82) is 0 Å². The largest absolute Gasteiger partial charge is 0.492 e. The van der Waals surface area contributed by atoms with Gasteiger partial charge >= 0.3 is 0 Å². The van der Waals surface area contributed by atoms with Crippen LogP contribution in [0.3, 0.4) is 0 Å². The van der Waals surface area contributed by atoms with E-state index in [1.54, 1.807) is 5.06 Å². The first-order chi connectivity index (χ1) is 48.2. The van der Waals surface area contributed by atoms with E-state index in [2.05, 4.69) is 79.7 Å². The zero-order valence-electron chi connectivity index (χ0n) is 57.8. The summed E-state index contributed by atoms with van der Waals surface area (Å²) in [5, 5.41) is 8.78. The van der Waals surface area contributed by atoms with Gasteiger partial charge in [0.15, 0.2) is 40.8 Å². The zero-order chi connectivity index (χ0) is 67.9. The van der Waals surface area contributed by atoms with E-state index in [-0.39, 0.29) is 42.4 Å². The summed E-state index contributed by atoms with van der Waals surface area (Å²) in [6, 6.07) is 32.4. The van der Waals surface area contributed by atoms with Gasteiger partial charge in [0.25, 0.3) is 5.85 Å². The number of benzene rings is 8. The van der Waals surface area contributed by atoms with Gasteiger partial charge in [0.2, 0.25) is 0 Å². The van der Waals surface area contributed by atoms with Gasteiger partial charge in [-0.25, -0.2) is 34.9 Å². The van der Waals surface area contributed by atoms with Crippen molar-refractivity contribution in [3.8, 4) is 34.5 Å². The lowest BCUT2D eigenvalue weighted by atomic mass is 9.95. The highest BCUT2D eigenvalue weighted by Crippen LogP contribution is 2.55. The Labute approximate surface area is 584 Å². The topological polar surface area (TPSA) is 164 Å². The van der Waals surface area contributed by atoms with Crippen molar-refractivity contribution in [2.24, 2.45) is 34.9 Å². The molecule has 0 saturated carbocycles. The number of hydroxylamine groups is 2. The summed E-state index contributed by atoms with van der Waals surface area (Å²) in [6.07, 6.45) is 12.9. The van der Waals surface area contributed by atoms with E-state index in [0.29, 0.717) is 153 Å². The molecular weight excluding hydrogens is 1270 g/mol. The van der Waals surface area contributed by atoms with Gasteiger partial charge in [0.05, 0.1) is 107 Å². The summed E-state index contributed by atoms with van der Waals surface area (Å²) < 4.78 is 50.8. The van der Waals surface area contributed by atoms with Gasteiger partial charge in [-0.3, -0.25) is 4.84 Å². The fourth-order valence-corrected chi connectivity index (χ4v) is 13.8. The van der Waals surface area contributed by atoms with Gasteiger partial charge in [-0.2, -0.15) is 5.06 Å². The summed E-state index contributed by atoms with van der Waals surface area (Å²) in [5.74, 6) is 3.04. The molecule has 0 aliphatic carbocycles. The fraction of sp³-hybridized carbons (Fsp3) is 0.412. The number of aliphatic imine (C=N–C) groups is 7. The van der Waals surface area contributed by atoms with E-state index >= 15 is 0 Å². The molecule has 0 amide bonds. The van der Waals surface area contributed by atoms with E-state index < -0.39 is 5.85 Å². The Morgan fingerprint density at radius 2 is 0.592 bits per heavy atom. The van der Waals surface area contributed by atoms with Crippen LogP contribution in [0, 0.1) is 0 Å². The van der Waals surface area contributed by atoms with Crippen LogP contribution >= 0.6 is 23.2 Å². The predicted molar refractivity (Wildman–Crippen MR) is 399 cm³/mol. The van der Waals surface area contributed by atoms with Gasteiger partial charge in [0, 0.05) is 43.1 Å². The van der Waals surface area contributed by atoms with Crippen LogP contribution in [0.2, 0.25) is 10.0 Å². The number of hydrogen-bond donors (Lipinski definition) is 0. The van der Waals surface area contributed by atoms with E-state index in [1.165, 1.54) is 0 Å². The maximum atomic E-state index is 8.02. The molecule has 18 heteroatoms. The summed E-state index contributed by atoms with van der Waals surface area (Å²) in [4.78, 5) is 48.0. The van der Waals surface area contributed by atoms with Gasteiger partial charge in [-0.1, -0.05) is 227 Å². The number of halogens is 2. The minimum Gasteiger partial charge on any atom is -0.492 e. The summed E-state index contributed by atoms with van der Waals surface area (Å²) in [6.45, 7) is 20.0. The lowest BCUT2D eigenvalue weighted by molar-refractivity contribution is -0.0417. The van der Waals surface area contributed by atoms with Crippen molar-refractivity contribution in [3.63, 3.8) is 0 Å². The van der Waals surface area contributed by atoms with E-state index in [0.717, 1.165) is 133 Å². The highest BCUT2D eigenvalue weighted by atomic mass is 35.5. The molecule has 5 aliphatic heterocycles. The van der Waals surface area contributed by atoms with Crippen molar-refractivity contribution in [1.82, 2.24) is 5.06 Å². The van der Waals surface area contributed by atoms with Crippen molar-refractivity contribution in [2.45, 2.75) is 164 Å². The van der Waals surface area contributed by atoms with Gasteiger partial charge in [-0.15, -0.1) is 0 Å². The first kappa shape index (κ1) is 68.1. The van der Waals surface area contributed by atoms with E-state index in [4.69, 9.17) is 96.1 Å². The molecule has 0 fully saturated rings. The third kappa shape index (κ3) is 12.6. The van der Waals surface area contributed by atoms with E-state index in [9.17, 15) is 0 Å². The smallest absolute Gasteiger partial charge is 0.293 e. The minimum atomic E-state index is -1.99. The summed E-state index contributed by atoms with van der Waals surface area (Å²) >= 11 is 16.0. The molecule has 0 radical (unpaired) electrons. The van der Waals surface area contributed by atoms with Crippen LogP contribution in [-0.2, 0) is 15.4 Å². The number of nitrogens with zero attached hydrogens (tertiary/aromatic N) is 8. The Balaban J connectivity index is 1.26. The van der Waals surface area contributed by atoms with Crippen molar-refractivity contribution >= 4 is 107 Å². The lowest BCUT2D eigenvalue weighted by Gasteiger charge is -2.28. The van der Waals surface area contributed by atoms with Gasteiger partial charge in [-0.05, 0) is 51.4 Å².